The minimum absolute atomic E-state index is 0.144. The van der Waals surface area contributed by atoms with Crippen LogP contribution in [0.25, 0.3) is 0 Å². The third-order valence-electron chi connectivity index (χ3n) is 2.77. The Morgan fingerprint density at radius 2 is 2.05 bits per heavy atom. The van der Waals surface area contributed by atoms with Gasteiger partial charge in [0.25, 0.3) is 0 Å². The van der Waals surface area contributed by atoms with E-state index in [9.17, 15) is 0 Å². The van der Waals surface area contributed by atoms with E-state index in [0.29, 0.717) is 21.8 Å². The van der Waals surface area contributed by atoms with Gasteiger partial charge in [0, 0.05) is 4.88 Å². The lowest BCUT2D eigenvalue weighted by Crippen LogP contribution is -2.17. The number of anilines is 2. The average molecular weight is 316 g/mol. The Bertz CT molecular complexity index is 555. The summed E-state index contributed by atoms with van der Waals surface area (Å²) < 4.78 is 0. The summed E-state index contributed by atoms with van der Waals surface area (Å²) in [4.78, 5) is 5.45. The van der Waals surface area contributed by atoms with Gasteiger partial charge < -0.3 is 11.1 Å². The fourth-order valence-electron chi connectivity index (χ4n) is 1.76. The number of nitrogens with zero attached hydrogens (tertiary/aromatic N) is 1. The largest absolute Gasteiger partial charge is 0.382 e. The van der Waals surface area contributed by atoms with Gasteiger partial charge in [0.15, 0.2) is 0 Å². The molecule has 0 saturated heterocycles. The molecule has 2 aromatic rings. The monoisotopic (exact) mass is 315 g/mol. The molecular formula is C13H15Cl2N3S. The molecule has 0 bridgehead atoms. The molecule has 0 fully saturated rings. The number of aromatic nitrogens is 1. The molecule has 6 heteroatoms. The van der Waals surface area contributed by atoms with E-state index in [2.05, 4.69) is 35.6 Å². The van der Waals surface area contributed by atoms with Crippen LogP contribution in [0.3, 0.4) is 0 Å². The standard InChI is InChI=1S/C13H15Cl2N3S/c1-7(2)11(10-4-3-5-19-10)17-13-9(15)6-8(14)12(16)18-13/h3-7,11H,1-2H3,(H3,16,17,18). The molecule has 2 rings (SSSR count). The molecule has 3 nitrogen and oxygen atoms in total. The summed E-state index contributed by atoms with van der Waals surface area (Å²) in [7, 11) is 0. The van der Waals surface area contributed by atoms with Crippen molar-refractivity contribution in [2.75, 3.05) is 11.1 Å². The molecule has 2 heterocycles. The molecule has 3 N–H and O–H groups in total. The molecule has 0 saturated carbocycles. The third kappa shape index (κ3) is 3.32. The highest BCUT2D eigenvalue weighted by Crippen LogP contribution is 2.33. The Labute approximate surface area is 126 Å². The summed E-state index contributed by atoms with van der Waals surface area (Å²) >= 11 is 13.7. The summed E-state index contributed by atoms with van der Waals surface area (Å²) in [5.41, 5.74) is 5.72. The van der Waals surface area contributed by atoms with Crippen molar-refractivity contribution in [2.45, 2.75) is 19.9 Å². The van der Waals surface area contributed by atoms with E-state index in [4.69, 9.17) is 28.9 Å². The van der Waals surface area contributed by atoms with E-state index in [1.54, 1.807) is 17.4 Å². The third-order valence-corrected chi connectivity index (χ3v) is 4.31. The minimum Gasteiger partial charge on any atom is -0.382 e. The van der Waals surface area contributed by atoms with E-state index >= 15 is 0 Å². The highest BCUT2D eigenvalue weighted by atomic mass is 35.5. The van der Waals surface area contributed by atoms with Crippen molar-refractivity contribution in [3.63, 3.8) is 0 Å². The lowest BCUT2D eigenvalue weighted by atomic mass is 10.0. The molecule has 0 amide bonds. The first-order valence-electron chi connectivity index (χ1n) is 5.90. The van der Waals surface area contributed by atoms with Gasteiger partial charge in [-0.2, -0.15) is 0 Å². The van der Waals surface area contributed by atoms with E-state index in [1.807, 2.05) is 6.07 Å². The molecule has 0 spiro atoms. The number of nitrogen functional groups attached to an aromatic ring is 1. The number of rotatable bonds is 4. The Morgan fingerprint density at radius 1 is 1.32 bits per heavy atom. The summed E-state index contributed by atoms with van der Waals surface area (Å²) in [6.45, 7) is 4.29. The molecule has 0 aromatic carbocycles. The minimum atomic E-state index is 0.144. The van der Waals surface area contributed by atoms with Gasteiger partial charge in [0.1, 0.15) is 11.6 Å². The van der Waals surface area contributed by atoms with Crippen LogP contribution in [0.2, 0.25) is 10.0 Å². The Morgan fingerprint density at radius 3 is 2.63 bits per heavy atom. The molecule has 102 valence electrons. The SMILES string of the molecule is CC(C)C(Nc1nc(N)c(Cl)cc1Cl)c1cccs1. The number of pyridine rings is 1. The molecule has 0 aliphatic heterocycles. The Hall–Kier alpha value is -0.970. The summed E-state index contributed by atoms with van der Waals surface area (Å²) in [6, 6.07) is 5.88. The van der Waals surface area contributed by atoms with Crippen LogP contribution < -0.4 is 11.1 Å². The zero-order chi connectivity index (χ0) is 14.0. The second-order valence-electron chi connectivity index (χ2n) is 4.57. The quantitative estimate of drug-likeness (QED) is 0.848. The maximum absolute atomic E-state index is 6.15. The lowest BCUT2D eigenvalue weighted by Gasteiger charge is -2.22. The number of halogens is 2. The lowest BCUT2D eigenvalue weighted by molar-refractivity contribution is 0.552. The molecule has 0 aliphatic rings. The smallest absolute Gasteiger partial charge is 0.147 e. The van der Waals surface area contributed by atoms with Gasteiger partial charge in [-0.25, -0.2) is 4.98 Å². The highest BCUT2D eigenvalue weighted by Gasteiger charge is 2.19. The maximum atomic E-state index is 6.15. The number of nitrogens with two attached hydrogens (primary N) is 1. The second kappa shape index (κ2) is 5.99. The van der Waals surface area contributed by atoms with Crippen LogP contribution in [0.5, 0.6) is 0 Å². The summed E-state index contributed by atoms with van der Waals surface area (Å²) in [5, 5.41) is 6.24. The number of nitrogens with one attached hydrogen (secondary N) is 1. The van der Waals surface area contributed by atoms with Crippen molar-refractivity contribution in [1.29, 1.82) is 0 Å². The topological polar surface area (TPSA) is 50.9 Å². The van der Waals surface area contributed by atoms with Crippen LogP contribution in [-0.4, -0.2) is 4.98 Å². The highest BCUT2D eigenvalue weighted by molar-refractivity contribution is 7.10. The van der Waals surface area contributed by atoms with Crippen LogP contribution >= 0.6 is 34.5 Å². The van der Waals surface area contributed by atoms with Crippen molar-refractivity contribution in [3.8, 4) is 0 Å². The van der Waals surface area contributed by atoms with Crippen LogP contribution in [0.1, 0.15) is 24.8 Å². The van der Waals surface area contributed by atoms with Crippen molar-refractivity contribution in [1.82, 2.24) is 4.98 Å². The molecule has 1 atom stereocenters. The molecular weight excluding hydrogens is 301 g/mol. The maximum Gasteiger partial charge on any atom is 0.147 e. The van der Waals surface area contributed by atoms with Gasteiger partial charge >= 0.3 is 0 Å². The van der Waals surface area contributed by atoms with Gasteiger partial charge in [0.05, 0.1) is 16.1 Å². The van der Waals surface area contributed by atoms with Gasteiger partial charge in [-0.1, -0.05) is 43.1 Å². The average Bonchev–Trinajstić information content (AvgIpc) is 2.85. The van der Waals surface area contributed by atoms with Gasteiger partial charge in [-0.3, -0.25) is 0 Å². The first kappa shape index (κ1) is 14.4. The number of hydrogen-bond donors (Lipinski definition) is 2. The fourth-order valence-corrected chi connectivity index (χ4v) is 3.13. The number of hydrogen-bond acceptors (Lipinski definition) is 4. The van der Waals surface area contributed by atoms with Crippen molar-refractivity contribution in [3.05, 3.63) is 38.5 Å². The van der Waals surface area contributed by atoms with Crippen LogP contribution in [-0.2, 0) is 0 Å². The molecule has 1 unspecified atom stereocenters. The Kier molecular flexibility index (Phi) is 4.55. The van der Waals surface area contributed by atoms with E-state index in [1.165, 1.54) is 4.88 Å². The zero-order valence-electron chi connectivity index (χ0n) is 10.7. The first-order valence-corrected chi connectivity index (χ1v) is 7.54. The van der Waals surface area contributed by atoms with Crippen molar-refractivity contribution >= 4 is 46.2 Å². The zero-order valence-corrected chi connectivity index (χ0v) is 13.0. The Balaban J connectivity index is 2.30. The first-order chi connectivity index (χ1) is 8.99. The molecule has 0 radical (unpaired) electrons. The van der Waals surface area contributed by atoms with Crippen molar-refractivity contribution < 1.29 is 0 Å². The predicted molar refractivity (Wildman–Crippen MR) is 84.2 cm³/mol. The molecule has 19 heavy (non-hydrogen) atoms. The fraction of sp³-hybridized carbons (Fsp3) is 0.308. The molecule has 0 aliphatic carbocycles. The summed E-state index contributed by atoms with van der Waals surface area (Å²) in [6.07, 6.45) is 0. The van der Waals surface area contributed by atoms with Gasteiger partial charge in [-0.05, 0) is 23.4 Å². The van der Waals surface area contributed by atoms with Gasteiger partial charge in [-0.15, -0.1) is 11.3 Å². The van der Waals surface area contributed by atoms with E-state index < -0.39 is 0 Å². The summed E-state index contributed by atoms with van der Waals surface area (Å²) in [5.74, 6) is 1.24. The van der Waals surface area contributed by atoms with E-state index in [-0.39, 0.29) is 11.9 Å². The van der Waals surface area contributed by atoms with Crippen LogP contribution in [0.15, 0.2) is 23.6 Å². The van der Waals surface area contributed by atoms with Crippen LogP contribution in [0, 0.1) is 5.92 Å². The van der Waals surface area contributed by atoms with Crippen LogP contribution in [0.4, 0.5) is 11.6 Å². The van der Waals surface area contributed by atoms with E-state index in [0.717, 1.165) is 0 Å². The second-order valence-corrected chi connectivity index (χ2v) is 6.36. The van der Waals surface area contributed by atoms with Crippen molar-refractivity contribution in [2.24, 2.45) is 5.92 Å². The molecule has 2 aromatic heterocycles. The van der Waals surface area contributed by atoms with Gasteiger partial charge in [0.2, 0.25) is 0 Å². The number of thiophene rings is 1. The predicted octanol–water partition coefficient (Wildman–Crippen LogP) is 4.84. The normalized spacial score (nSPS) is 12.7.